The number of allylic oxidation sites excluding steroid dienone is 1. The molecule has 0 aromatic heterocycles. The summed E-state index contributed by atoms with van der Waals surface area (Å²) in [7, 11) is 13.4. The second-order valence-electron chi connectivity index (χ2n) is 9.13. The van der Waals surface area contributed by atoms with Crippen LogP contribution < -0.4 is 0 Å². The minimum absolute atomic E-state index is 0.280. The molecule has 0 spiro atoms. The van der Waals surface area contributed by atoms with Crippen molar-refractivity contribution in [2.75, 3.05) is 0 Å². The van der Waals surface area contributed by atoms with Gasteiger partial charge in [-0.05, 0) is 0 Å². The average Bonchev–Trinajstić information content (AvgIpc) is 3.06. The van der Waals surface area contributed by atoms with Gasteiger partial charge in [-0.25, -0.2) is 0 Å². The molecule has 0 amide bonds. The van der Waals surface area contributed by atoms with E-state index in [-0.39, 0.29) is 3.63 Å². The summed E-state index contributed by atoms with van der Waals surface area (Å²) in [5.74, 6) is 1.53. The first-order valence-corrected chi connectivity index (χ1v) is 18.6. The zero-order valence-electron chi connectivity index (χ0n) is 18.7. The second kappa shape index (κ2) is 9.42. The number of rotatable bonds is 6. The maximum atomic E-state index is 6.70. The third-order valence-corrected chi connectivity index (χ3v) is 11.7. The molecule has 2 aromatic carbocycles. The molecule has 155 valence electrons. The van der Waals surface area contributed by atoms with Crippen molar-refractivity contribution in [3.63, 3.8) is 0 Å². The summed E-state index contributed by atoms with van der Waals surface area (Å²) in [4.78, 5) is 0. The molecule has 3 rings (SSSR count). The van der Waals surface area contributed by atoms with Crippen molar-refractivity contribution in [3.8, 4) is 11.1 Å². The van der Waals surface area contributed by atoms with Gasteiger partial charge in [0.2, 0.25) is 0 Å². The van der Waals surface area contributed by atoms with Crippen LogP contribution in [0, 0.1) is 12.8 Å². The van der Waals surface area contributed by atoms with Crippen LogP contribution in [0.1, 0.15) is 91.2 Å². The molecule has 0 saturated heterocycles. The predicted molar refractivity (Wildman–Crippen MR) is 127 cm³/mol. The number of halogens is 2. The molecule has 2 unspecified atom stereocenters. The van der Waals surface area contributed by atoms with E-state index in [1.807, 2.05) is 0 Å². The van der Waals surface area contributed by atoms with Crippen LogP contribution in [0.3, 0.4) is 0 Å². The third-order valence-electron chi connectivity index (χ3n) is 6.44. The van der Waals surface area contributed by atoms with Crippen LogP contribution in [-0.4, -0.2) is 0 Å². The van der Waals surface area contributed by atoms with Gasteiger partial charge in [-0.3, -0.25) is 0 Å². The molecule has 3 heteroatoms. The van der Waals surface area contributed by atoms with Crippen molar-refractivity contribution < 1.29 is 19.4 Å². The van der Waals surface area contributed by atoms with E-state index in [1.54, 1.807) is 0 Å². The summed E-state index contributed by atoms with van der Waals surface area (Å²) >= 11 is -2.50. The zero-order chi connectivity index (χ0) is 21.5. The van der Waals surface area contributed by atoms with Crippen molar-refractivity contribution in [1.29, 1.82) is 0 Å². The summed E-state index contributed by atoms with van der Waals surface area (Å²) in [6, 6.07) is 11.7. The minimum atomic E-state index is -2.50. The Bertz CT molecular complexity index is 898. The molecule has 1 aliphatic carbocycles. The van der Waals surface area contributed by atoms with Gasteiger partial charge in [0.25, 0.3) is 0 Å². The van der Waals surface area contributed by atoms with E-state index < -0.39 is 19.4 Å². The van der Waals surface area contributed by atoms with Gasteiger partial charge in [0.1, 0.15) is 0 Å². The fourth-order valence-electron chi connectivity index (χ4n) is 4.36. The Morgan fingerprint density at radius 3 is 2.00 bits per heavy atom. The topological polar surface area (TPSA) is 0 Å². The van der Waals surface area contributed by atoms with Gasteiger partial charge >= 0.3 is 194 Å². The fraction of sp³-hybridized carbons (Fsp3) is 0.462. The first kappa shape index (κ1) is 23.3. The average molecular weight is 508 g/mol. The molecule has 2 atom stereocenters. The quantitative estimate of drug-likeness (QED) is 0.365. The van der Waals surface area contributed by atoms with Crippen molar-refractivity contribution in [2.45, 2.75) is 70.3 Å². The molecule has 0 N–H and O–H groups in total. The van der Waals surface area contributed by atoms with Gasteiger partial charge in [-0.2, -0.15) is 0 Å². The maximum absolute atomic E-state index is 6.70. The summed E-state index contributed by atoms with van der Waals surface area (Å²) < 4.78 is 0.280. The Hall–Kier alpha value is -0.357. The Balaban J connectivity index is 2.28. The second-order valence-corrected chi connectivity index (χ2v) is 17.9. The van der Waals surface area contributed by atoms with Gasteiger partial charge in [0, 0.05) is 0 Å². The van der Waals surface area contributed by atoms with E-state index in [4.69, 9.17) is 17.0 Å². The number of hydrogen-bond donors (Lipinski definition) is 0. The van der Waals surface area contributed by atoms with E-state index >= 15 is 0 Å². The van der Waals surface area contributed by atoms with Gasteiger partial charge in [0.05, 0.1) is 0 Å². The summed E-state index contributed by atoms with van der Waals surface area (Å²) in [6.07, 6.45) is 3.55. The van der Waals surface area contributed by atoms with Gasteiger partial charge in [0.15, 0.2) is 0 Å². The van der Waals surface area contributed by atoms with Crippen LogP contribution in [0.4, 0.5) is 0 Å². The standard InChI is InChI=1S/C26H33.2ClH.Zr/c1-8-18(6)23-11-20-10-9-19(7)26(25(20)15-23)24-13-21(16(2)3)12-22(14-24)17(4)5;;;/h9-18H,8H2,1-7H3;2*1H;/q;;;+2/p-2. The van der Waals surface area contributed by atoms with Crippen molar-refractivity contribution in [1.82, 2.24) is 0 Å². The normalized spacial score (nSPS) is 16.9. The molecule has 0 saturated carbocycles. The molecule has 0 fully saturated rings. The van der Waals surface area contributed by atoms with Crippen LogP contribution in [-0.2, 0) is 19.4 Å². The molecule has 0 aliphatic heterocycles. The molecule has 0 nitrogen and oxygen atoms in total. The molecule has 0 bridgehead atoms. The number of fused-ring (bicyclic) bond motifs is 1. The van der Waals surface area contributed by atoms with Gasteiger partial charge in [-0.15, -0.1) is 0 Å². The molecule has 29 heavy (non-hydrogen) atoms. The van der Waals surface area contributed by atoms with Crippen LogP contribution in [0.2, 0.25) is 0 Å². The van der Waals surface area contributed by atoms with E-state index in [1.165, 1.54) is 44.5 Å². The Labute approximate surface area is 192 Å². The van der Waals surface area contributed by atoms with Crippen LogP contribution in [0.5, 0.6) is 0 Å². The van der Waals surface area contributed by atoms with Crippen molar-refractivity contribution in [2.24, 2.45) is 5.92 Å². The van der Waals surface area contributed by atoms with Gasteiger partial charge < -0.3 is 0 Å². The molecule has 2 aromatic rings. The predicted octanol–water partition coefficient (Wildman–Crippen LogP) is 9.32. The van der Waals surface area contributed by atoms with Crippen LogP contribution in [0.25, 0.3) is 17.2 Å². The Kier molecular flexibility index (Phi) is 7.57. The van der Waals surface area contributed by atoms with E-state index in [2.05, 4.69) is 84.9 Å². The third kappa shape index (κ3) is 4.63. The summed E-state index contributed by atoms with van der Waals surface area (Å²) in [5.41, 5.74) is 11.0. The monoisotopic (exact) mass is 505 g/mol. The SMILES string of the molecule is CCC(C)C1=Cc2c(ccc(C)c2-c2cc(C(C)C)cc(C(C)C)c2)[CH]1[Zr]([Cl])[Cl]. The van der Waals surface area contributed by atoms with E-state index in [9.17, 15) is 0 Å². The fourth-order valence-corrected chi connectivity index (χ4v) is 9.96. The van der Waals surface area contributed by atoms with Crippen molar-refractivity contribution in [3.05, 3.63) is 63.7 Å². The van der Waals surface area contributed by atoms with E-state index in [0.29, 0.717) is 17.8 Å². The Morgan fingerprint density at radius 1 is 0.931 bits per heavy atom. The van der Waals surface area contributed by atoms with Crippen molar-refractivity contribution >= 4 is 23.1 Å². The Morgan fingerprint density at radius 2 is 1.52 bits per heavy atom. The number of benzene rings is 2. The zero-order valence-corrected chi connectivity index (χ0v) is 22.7. The van der Waals surface area contributed by atoms with E-state index in [0.717, 1.165) is 6.42 Å². The van der Waals surface area contributed by atoms with Gasteiger partial charge in [-0.1, -0.05) is 0 Å². The molecule has 0 heterocycles. The van der Waals surface area contributed by atoms with Crippen LogP contribution in [0.15, 0.2) is 35.9 Å². The molecule has 1 aliphatic rings. The van der Waals surface area contributed by atoms with Crippen LogP contribution >= 0.6 is 17.0 Å². The molecular weight excluding hydrogens is 474 g/mol. The summed E-state index contributed by atoms with van der Waals surface area (Å²) in [6.45, 7) is 15.9. The number of hydrogen-bond acceptors (Lipinski definition) is 0. The molecular formula is C26H33Cl2Zr. The number of aryl methyl sites for hydroxylation is 1. The molecule has 0 radical (unpaired) electrons. The first-order chi connectivity index (χ1) is 13.6. The summed E-state index contributed by atoms with van der Waals surface area (Å²) in [5, 5.41) is 0. The first-order valence-electron chi connectivity index (χ1n) is 10.8.